The zero-order valence-corrected chi connectivity index (χ0v) is 68.5. The second-order valence-electron chi connectivity index (χ2n) is 33.5. The van der Waals surface area contributed by atoms with E-state index in [4.69, 9.17) is 39.7 Å². The molecule has 106 heavy (non-hydrogen) atoms. The highest BCUT2D eigenvalue weighted by atomic mass is 31.2. The summed E-state index contributed by atoms with van der Waals surface area (Å²) in [5.41, 5.74) is 10.4. The fourth-order valence-electron chi connectivity index (χ4n) is 15.8. The van der Waals surface area contributed by atoms with Gasteiger partial charge in [0.2, 0.25) is 0 Å². The molecule has 1 heterocycles. The van der Waals surface area contributed by atoms with Gasteiger partial charge in [0.15, 0.2) is 41.6 Å². The quantitative estimate of drug-likeness (QED) is 0.0261. The van der Waals surface area contributed by atoms with Crippen LogP contribution in [0.1, 0.15) is 227 Å². The predicted octanol–water partition coefficient (Wildman–Crippen LogP) is 24.8. The van der Waals surface area contributed by atoms with Gasteiger partial charge in [-0.15, -0.1) is 0 Å². The molecule has 1 saturated carbocycles. The SMILES string of the molecule is C=C(/C=C\C1(C)c2cc(OCC(C)CC)c(OCC(C)CC)cc2C(C)(/C=C/C2CC2CC(C)CC)[C@@H](C)OCC(C)CCCC(C)COc2cc3c(cc2OCC(C)CC)-c2cc(OCC(C)CC)c(OCC(C)CC)cc2C32c3ccccc3-c3ccc(cc32)P1(=O)c1ccccc1)c1ccccc1. The lowest BCUT2D eigenvalue weighted by molar-refractivity contribution is 0.00868. The maximum Gasteiger partial charge on any atom is 0.161 e. The Balaban J connectivity index is 1.29. The molecule has 568 valence electrons. The third-order valence-electron chi connectivity index (χ3n) is 25.0. The number of fused-ring (bicyclic) bond motifs is 7. The molecule has 0 radical (unpaired) electrons. The van der Waals surface area contributed by atoms with E-state index in [2.05, 4.69) is 269 Å². The zero-order chi connectivity index (χ0) is 75.7. The Morgan fingerprint density at radius 2 is 0.972 bits per heavy atom. The second-order valence-corrected chi connectivity index (χ2v) is 36.7. The van der Waals surface area contributed by atoms with E-state index in [1.165, 1.54) is 6.42 Å². The van der Waals surface area contributed by atoms with Crippen LogP contribution < -0.4 is 39.0 Å². The molecule has 7 aromatic carbocycles. The van der Waals surface area contributed by atoms with E-state index < -0.39 is 23.1 Å². The van der Waals surface area contributed by atoms with Gasteiger partial charge >= 0.3 is 0 Å². The number of benzene rings is 7. The molecule has 0 aromatic heterocycles. The van der Waals surface area contributed by atoms with E-state index in [0.717, 1.165) is 148 Å². The Hall–Kier alpha value is -7.25. The molecule has 0 amide bonds. The molecule has 1 spiro atoms. The monoisotopic (exact) mass is 1450 g/mol. The maximum atomic E-state index is 19.6. The van der Waals surface area contributed by atoms with Gasteiger partial charge in [-0.2, -0.15) is 0 Å². The summed E-state index contributed by atoms with van der Waals surface area (Å²) in [6, 6.07) is 50.3. The molecular weight excluding hydrogens is 1320 g/mol. The van der Waals surface area contributed by atoms with E-state index >= 15 is 4.57 Å². The van der Waals surface area contributed by atoms with Crippen LogP contribution in [0.4, 0.5) is 0 Å². The van der Waals surface area contributed by atoms with E-state index in [-0.39, 0.29) is 29.8 Å². The minimum Gasteiger partial charge on any atom is -0.489 e. The summed E-state index contributed by atoms with van der Waals surface area (Å²) in [7, 11) is -4.20. The van der Waals surface area contributed by atoms with Crippen molar-refractivity contribution in [3.05, 3.63) is 209 Å². The molecule has 1 aliphatic heterocycles. The predicted molar refractivity (Wildman–Crippen MR) is 444 cm³/mol. The van der Waals surface area contributed by atoms with Crippen molar-refractivity contribution in [1.82, 2.24) is 0 Å². The third-order valence-corrected chi connectivity index (χ3v) is 28.7. The van der Waals surface area contributed by atoms with Crippen molar-refractivity contribution in [2.24, 2.45) is 59.2 Å². The number of rotatable bonds is 29. The van der Waals surface area contributed by atoms with Crippen LogP contribution >= 0.6 is 7.14 Å². The van der Waals surface area contributed by atoms with Crippen molar-refractivity contribution < 1.29 is 37.7 Å². The first-order valence-electron chi connectivity index (χ1n) is 41.0. The molecule has 4 aliphatic rings. The summed E-state index contributed by atoms with van der Waals surface area (Å²) in [6.45, 7) is 47.2. The molecule has 15 atom stereocenters. The van der Waals surface area contributed by atoms with Gasteiger partial charge in [0.05, 0.1) is 56.3 Å². The smallest absolute Gasteiger partial charge is 0.161 e. The number of allylic oxidation sites excluding steroid dienone is 4. The van der Waals surface area contributed by atoms with Gasteiger partial charge in [0.25, 0.3) is 0 Å². The number of hydrogen-bond acceptors (Lipinski definition) is 8. The molecule has 0 saturated heterocycles. The third kappa shape index (κ3) is 16.7. The van der Waals surface area contributed by atoms with Gasteiger partial charge in [-0.1, -0.05) is 270 Å². The molecule has 1 fully saturated rings. The molecule has 8 nitrogen and oxygen atoms in total. The fourth-order valence-corrected chi connectivity index (χ4v) is 19.2. The first kappa shape index (κ1) is 79.8. The van der Waals surface area contributed by atoms with Gasteiger partial charge in [-0.3, -0.25) is 0 Å². The highest BCUT2D eigenvalue weighted by molar-refractivity contribution is 7.79. The molecule has 14 unspecified atom stereocenters. The van der Waals surface area contributed by atoms with Crippen molar-refractivity contribution in [3.8, 4) is 56.8 Å². The van der Waals surface area contributed by atoms with Crippen molar-refractivity contribution in [1.29, 1.82) is 0 Å². The van der Waals surface area contributed by atoms with Crippen LogP contribution in [-0.4, -0.2) is 52.4 Å². The Kier molecular flexibility index (Phi) is 26.3. The largest absolute Gasteiger partial charge is 0.489 e. The maximum absolute atomic E-state index is 19.6. The van der Waals surface area contributed by atoms with E-state index in [1.807, 2.05) is 12.1 Å². The molecule has 4 bridgehead atoms. The Labute approximate surface area is 639 Å². The van der Waals surface area contributed by atoms with Crippen LogP contribution in [0.5, 0.6) is 34.5 Å². The molecular formula is C97H127O8P. The minimum absolute atomic E-state index is 0.241. The lowest BCUT2D eigenvalue weighted by Gasteiger charge is -2.43. The lowest BCUT2D eigenvalue weighted by atomic mass is 9.70. The van der Waals surface area contributed by atoms with Gasteiger partial charge in [0.1, 0.15) is 0 Å². The average molecular weight is 1450 g/mol. The molecule has 9 heteroatoms. The molecule has 11 rings (SSSR count). The summed E-state index contributed by atoms with van der Waals surface area (Å²) in [6.07, 6.45) is 20.4. The highest BCUT2D eigenvalue weighted by Gasteiger charge is 2.56. The van der Waals surface area contributed by atoms with Crippen LogP contribution in [0.3, 0.4) is 0 Å². The Morgan fingerprint density at radius 3 is 1.55 bits per heavy atom. The normalized spacial score (nSPS) is 25.1. The van der Waals surface area contributed by atoms with E-state index in [1.54, 1.807) is 0 Å². The standard InChI is InChI=1S/C97H127O8P/c1-19-64(7)48-76-49-75(76)45-46-95(17)73(16)99-62-70(13)34-33-35-71(14)63-105-92-54-86-82(52-90(92)101-58-66(9)21-3)81-51-89(100-57-65(8)20-2)91(102-59-67(10)22-4)53-85(81)97(86)83-41-32-31-40-79(83)80-43-42-78(50-84(80)97)106(98,77-38-29-26-30-39-77)96(18,47-44-72(15)74-36-27-25-28-37-74)88-56-94(104-61-69(12)24-6)93(55-87(88)95)103-60-68(11)23-5/h25-32,36-47,50-56,64-71,73,75-76H,15,19-24,33-35,48-49,57-63H2,1-14,16-18H3/b46-45+,47-44-/t64?,65?,66?,67?,68?,69?,70?,71?,73-,75?,76?,95?,96?,97?,106?/m1/s1. The van der Waals surface area contributed by atoms with Crippen LogP contribution in [0.25, 0.3) is 27.8 Å². The fraction of sp³-hybridized carbons (Fsp3) is 0.505. The minimum atomic E-state index is -4.20. The van der Waals surface area contributed by atoms with Crippen molar-refractivity contribution in [2.75, 3.05) is 46.2 Å². The van der Waals surface area contributed by atoms with Crippen molar-refractivity contribution >= 4 is 23.3 Å². The van der Waals surface area contributed by atoms with Crippen LogP contribution in [0, 0.1) is 59.2 Å². The summed E-state index contributed by atoms with van der Waals surface area (Å²) in [4.78, 5) is 0. The summed E-state index contributed by atoms with van der Waals surface area (Å²) < 4.78 is 70.2. The van der Waals surface area contributed by atoms with Crippen LogP contribution in [0.15, 0.2) is 170 Å². The van der Waals surface area contributed by atoms with Crippen molar-refractivity contribution in [3.63, 3.8) is 0 Å². The van der Waals surface area contributed by atoms with Gasteiger partial charge < -0.3 is 37.7 Å². The van der Waals surface area contributed by atoms with E-state index in [9.17, 15) is 0 Å². The lowest BCUT2D eigenvalue weighted by Crippen LogP contribution is -2.40. The molecule has 3 aliphatic carbocycles. The summed E-state index contributed by atoms with van der Waals surface area (Å²) >= 11 is 0. The Morgan fingerprint density at radius 1 is 0.500 bits per heavy atom. The van der Waals surface area contributed by atoms with Crippen molar-refractivity contribution in [2.45, 2.75) is 210 Å². The molecule has 0 N–H and O–H groups in total. The van der Waals surface area contributed by atoms with Gasteiger partial charge in [-0.05, 0) is 215 Å². The summed E-state index contributed by atoms with van der Waals surface area (Å²) in [5.74, 6) is 7.81. The topological polar surface area (TPSA) is 81.7 Å². The van der Waals surface area contributed by atoms with Crippen LogP contribution in [-0.2, 0) is 25.3 Å². The van der Waals surface area contributed by atoms with Crippen LogP contribution in [0.2, 0.25) is 0 Å². The first-order chi connectivity index (χ1) is 51.0. The zero-order valence-electron chi connectivity index (χ0n) is 67.6. The average Bonchev–Trinajstić information content (AvgIpc) is 1.48. The molecule has 7 aromatic rings. The van der Waals surface area contributed by atoms with Gasteiger partial charge in [0, 0.05) is 22.6 Å². The highest BCUT2D eigenvalue weighted by Crippen LogP contribution is 2.69. The Bertz CT molecular complexity index is 4230. The second kappa shape index (κ2) is 35.0. The van der Waals surface area contributed by atoms with Gasteiger partial charge in [-0.25, -0.2) is 0 Å². The number of hydrogen-bond donors (Lipinski definition) is 0. The van der Waals surface area contributed by atoms with E-state index in [0.29, 0.717) is 110 Å². The summed E-state index contributed by atoms with van der Waals surface area (Å²) in [5, 5.41) is 0.0626. The number of ether oxygens (including phenoxy) is 7. The first-order valence-corrected chi connectivity index (χ1v) is 42.7.